The molecular formula is C31H35N5O4S2. The first-order chi connectivity index (χ1) is 20.4. The Hall–Kier alpha value is -3.83. The number of benzene rings is 2. The zero-order valence-electron chi connectivity index (χ0n) is 24.1. The highest BCUT2D eigenvalue weighted by Gasteiger charge is 2.23. The van der Waals surface area contributed by atoms with E-state index < -0.39 is 0 Å². The van der Waals surface area contributed by atoms with E-state index in [1.54, 1.807) is 28.0 Å². The van der Waals surface area contributed by atoms with Crippen molar-refractivity contribution in [2.75, 3.05) is 30.3 Å². The largest absolute Gasteiger partial charge is 0.507 e. The third-order valence-electron chi connectivity index (χ3n) is 7.23. The molecule has 220 valence electrons. The molecule has 0 saturated carbocycles. The van der Waals surface area contributed by atoms with E-state index in [1.165, 1.54) is 22.9 Å². The molecule has 11 heteroatoms. The second kappa shape index (κ2) is 13.4. The molecule has 0 radical (unpaired) electrons. The van der Waals surface area contributed by atoms with Gasteiger partial charge >= 0.3 is 0 Å². The van der Waals surface area contributed by atoms with E-state index in [0.29, 0.717) is 28.4 Å². The molecule has 0 spiro atoms. The number of nitrogens with one attached hydrogen (secondary N) is 1. The van der Waals surface area contributed by atoms with Gasteiger partial charge in [0, 0.05) is 35.3 Å². The second-order valence-electron chi connectivity index (χ2n) is 9.85. The van der Waals surface area contributed by atoms with Gasteiger partial charge in [0.05, 0.1) is 29.6 Å². The number of thioether (sulfide) groups is 1. The van der Waals surface area contributed by atoms with Crippen molar-refractivity contribution in [3.63, 3.8) is 0 Å². The molecule has 0 saturated heterocycles. The number of aromatic hydroxyl groups is 1. The van der Waals surface area contributed by atoms with Crippen molar-refractivity contribution in [3.05, 3.63) is 68.8 Å². The highest BCUT2D eigenvalue weighted by Crippen LogP contribution is 2.35. The molecule has 42 heavy (non-hydrogen) atoms. The van der Waals surface area contributed by atoms with Crippen LogP contribution in [-0.2, 0) is 17.6 Å². The lowest BCUT2D eigenvalue weighted by Crippen LogP contribution is -2.24. The van der Waals surface area contributed by atoms with E-state index in [-0.39, 0.29) is 23.0 Å². The minimum atomic E-state index is -0.353. The van der Waals surface area contributed by atoms with Crippen LogP contribution in [0.5, 0.6) is 11.5 Å². The number of phenols is 1. The number of amides is 1. The molecule has 5 rings (SSSR count). The minimum Gasteiger partial charge on any atom is -0.507 e. The smallest absolute Gasteiger partial charge is 0.267 e. The normalized spacial score (nSPS) is 12.9. The Labute approximate surface area is 253 Å². The Bertz CT molecular complexity index is 1660. The first-order valence-electron chi connectivity index (χ1n) is 14.3. The molecule has 2 aromatic heterocycles. The summed E-state index contributed by atoms with van der Waals surface area (Å²) < 4.78 is 7.17. The van der Waals surface area contributed by atoms with Gasteiger partial charge in [-0.3, -0.25) is 14.2 Å². The van der Waals surface area contributed by atoms with Crippen LogP contribution in [0, 0.1) is 0 Å². The lowest BCUT2D eigenvalue weighted by molar-refractivity contribution is -0.118. The predicted molar refractivity (Wildman–Crippen MR) is 171 cm³/mol. The fraction of sp³-hybridized carbons (Fsp3) is 0.355. The van der Waals surface area contributed by atoms with Gasteiger partial charge in [0.1, 0.15) is 16.3 Å². The Morgan fingerprint density at radius 3 is 2.64 bits per heavy atom. The van der Waals surface area contributed by atoms with Gasteiger partial charge in [-0.05, 0) is 88.4 Å². The number of hydrazone groups is 1. The van der Waals surface area contributed by atoms with Gasteiger partial charge in [0.25, 0.3) is 11.5 Å². The molecule has 1 aliphatic rings. The quantitative estimate of drug-likeness (QED) is 0.100. The second-order valence-corrected chi connectivity index (χ2v) is 11.9. The number of aromatic nitrogens is 2. The van der Waals surface area contributed by atoms with E-state index >= 15 is 0 Å². The summed E-state index contributed by atoms with van der Waals surface area (Å²) in [4.78, 5) is 35.6. The standard InChI is InChI=1S/C31H35N5O4S2/c1-4-35(5-2)22-12-11-20(25(37)17-22)18-32-34-27(38)19-41-31-33-29-28(24-9-7-8-10-26(24)42-29)30(39)36(31)21-13-15-23(16-14-21)40-6-3/h11-18,37H,4-10,19H2,1-3H3,(H,34,38)/b32-18+. The summed E-state index contributed by atoms with van der Waals surface area (Å²) in [6.07, 6.45) is 5.45. The Kier molecular flexibility index (Phi) is 9.48. The average Bonchev–Trinajstić information content (AvgIpc) is 3.37. The van der Waals surface area contributed by atoms with Crippen LogP contribution in [0.4, 0.5) is 5.69 Å². The van der Waals surface area contributed by atoms with Crippen LogP contribution in [0.2, 0.25) is 0 Å². The number of hydrogen-bond donors (Lipinski definition) is 2. The third kappa shape index (κ3) is 6.32. The lowest BCUT2D eigenvalue weighted by Gasteiger charge is -2.21. The maximum atomic E-state index is 13.9. The zero-order valence-corrected chi connectivity index (χ0v) is 25.7. The van der Waals surface area contributed by atoms with Gasteiger partial charge in [-0.2, -0.15) is 5.10 Å². The third-order valence-corrected chi connectivity index (χ3v) is 9.36. The molecule has 0 bridgehead atoms. The molecule has 0 unspecified atom stereocenters. The highest BCUT2D eigenvalue weighted by atomic mass is 32.2. The van der Waals surface area contributed by atoms with Crippen LogP contribution in [0.25, 0.3) is 15.9 Å². The number of carbonyl (C=O) groups excluding carboxylic acids is 1. The zero-order chi connectivity index (χ0) is 29.6. The van der Waals surface area contributed by atoms with Crippen molar-refractivity contribution in [2.24, 2.45) is 5.10 Å². The molecule has 4 aromatic rings. The summed E-state index contributed by atoms with van der Waals surface area (Å²) in [5, 5.41) is 15.6. The van der Waals surface area contributed by atoms with Crippen molar-refractivity contribution in [2.45, 2.75) is 51.6 Å². The first kappa shape index (κ1) is 29.7. The summed E-state index contributed by atoms with van der Waals surface area (Å²) in [6, 6.07) is 12.7. The van der Waals surface area contributed by atoms with Crippen molar-refractivity contribution >= 4 is 51.1 Å². The summed E-state index contributed by atoms with van der Waals surface area (Å²) in [5.41, 5.74) is 5.61. The lowest BCUT2D eigenvalue weighted by atomic mass is 9.97. The molecular weight excluding hydrogens is 571 g/mol. The monoisotopic (exact) mass is 605 g/mol. The number of rotatable bonds is 11. The maximum Gasteiger partial charge on any atom is 0.267 e. The van der Waals surface area contributed by atoms with Gasteiger partial charge < -0.3 is 14.7 Å². The van der Waals surface area contributed by atoms with Crippen LogP contribution < -0.4 is 20.6 Å². The molecule has 0 atom stereocenters. The molecule has 2 N–H and O–H groups in total. The van der Waals surface area contributed by atoms with Gasteiger partial charge in [-0.15, -0.1) is 11.3 Å². The topological polar surface area (TPSA) is 109 Å². The number of ether oxygens (including phenoxy) is 1. The molecule has 2 heterocycles. The molecule has 0 fully saturated rings. The van der Waals surface area contributed by atoms with Gasteiger partial charge in [0.15, 0.2) is 5.16 Å². The Morgan fingerprint density at radius 2 is 1.93 bits per heavy atom. The molecule has 1 aliphatic carbocycles. The molecule has 1 amide bonds. The summed E-state index contributed by atoms with van der Waals surface area (Å²) in [7, 11) is 0. The SMILES string of the molecule is CCOc1ccc(-n2c(SCC(=O)N/N=C/c3ccc(N(CC)CC)cc3O)nc3sc4c(c3c2=O)CCCC4)cc1. The first-order valence-corrected chi connectivity index (χ1v) is 16.1. The van der Waals surface area contributed by atoms with Crippen molar-refractivity contribution in [3.8, 4) is 17.2 Å². The number of thiophene rings is 1. The predicted octanol–water partition coefficient (Wildman–Crippen LogP) is 5.52. The Morgan fingerprint density at radius 1 is 1.17 bits per heavy atom. The molecule has 0 aliphatic heterocycles. The number of carbonyl (C=O) groups is 1. The Balaban J connectivity index is 1.36. The van der Waals surface area contributed by atoms with Crippen molar-refractivity contribution in [1.82, 2.24) is 15.0 Å². The van der Waals surface area contributed by atoms with E-state index in [9.17, 15) is 14.7 Å². The summed E-state index contributed by atoms with van der Waals surface area (Å²) in [6.45, 7) is 8.25. The van der Waals surface area contributed by atoms with E-state index in [2.05, 4.69) is 29.3 Å². The van der Waals surface area contributed by atoms with Gasteiger partial charge in [0.2, 0.25) is 0 Å². The number of phenolic OH excluding ortho intramolecular Hbond substituents is 1. The minimum absolute atomic E-state index is 0.00425. The maximum absolute atomic E-state index is 13.9. The van der Waals surface area contributed by atoms with Crippen LogP contribution in [0.15, 0.2) is 57.5 Å². The van der Waals surface area contributed by atoms with E-state index in [1.807, 2.05) is 37.3 Å². The summed E-state index contributed by atoms with van der Waals surface area (Å²) in [5.74, 6) is 0.455. The van der Waals surface area contributed by atoms with Gasteiger partial charge in [-0.1, -0.05) is 11.8 Å². The van der Waals surface area contributed by atoms with Crippen LogP contribution in [0.1, 0.15) is 49.6 Å². The number of aryl methyl sites for hydroxylation is 2. The van der Waals surface area contributed by atoms with Crippen molar-refractivity contribution < 1.29 is 14.6 Å². The average molecular weight is 606 g/mol. The molecule has 9 nitrogen and oxygen atoms in total. The molecule has 2 aromatic carbocycles. The summed E-state index contributed by atoms with van der Waals surface area (Å²) >= 11 is 2.77. The number of nitrogens with zero attached hydrogens (tertiary/aromatic N) is 4. The van der Waals surface area contributed by atoms with Crippen LogP contribution in [-0.4, -0.2) is 52.2 Å². The van der Waals surface area contributed by atoms with Crippen molar-refractivity contribution in [1.29, 1.82) is 0 Å². The van der Waals surface area contributed by atoms with Gasteiger partial charge in [-0.25, -0.2) is 10.4 Å². The number of hydrogen-bond acceptors (Lipinski definition) is 9. The van der Waals surface area contributed by atoms with Crippen LogP contribution in [0.3, 0.4) is 0 Å². The fourth-order valence-corrected chi connectivity index (χ4v) is 7.24. The number of fused-ring (bicyclic) bond motifs is 3. The highest BCUT2D eigenvalue weighted by molar-refractivity contribution is 7.99. The fourth-order valence-electron chi connectivity index (χ4n) is 5.13. The van der Waals surface area contributed by atoms with E-state index in [4.69, 9.17) is 9.72 Å². The number of anilines is 1. The van der Waals surface area contributed by atoms with E-state index in [0.717, 1.165) is 60.6 Å². The van der Waals surface area contributed by atoms with Crippen LogP contribution >= 0.6 is 23.1 Å².